The van der Waals surface area contributed by atoms with E-state index in [4.69, 9.17) is 11.6 Å². The first-order valence-corrected chi connectivity index (χ1v) is 10.5. The molecule has 0 unspecified atom stereocenters. The molecule has 0 fully saturated rings. The molecule has 1 heterocycles. The standard InChI is InChI=1S/C22H17ClFNO2S/c1-15-7-10-18(11-8-15)28(26,27)25-21-12-9-17(23)14-19(21)20(22(25)24)13-16-5-3-2-4-6-16/h2-12,14H,13H2,1H3. The SMILES string of the molecule is Cc1ccc(S(=O)(=O)n2c(F)c(Cc3ccccc3)c3cc(Cl)ccc32)cc1. The van der Waals surface area contributed by atoms with Crippen molar-refractivity contribution >= 4 is 32.5 Å². The molecule has 0 radical (unpaired) electrons. The quantitative estimate of drug-likeness (QED) is 0.438. The number of halogens is 2. The molecular weight excluding hydrogens is 397 g/mol. The number of nitrogens with zero attached hydrogens (tertiary/aromatic N) is 1. The highest BCUT2D eigenvalue weighted by molar-refractivity contribution is 7.90. The molecule has 4 rings (SSSR count). The lowest BCUT2D eigenvalue weighted by molar-refractivity contribution is 0.539. The molecule has 0 saturated carbocycles. The van der Waals surface area contributed by atoms with Crippen molar-refractivity contribution in [2.24, 2.45) is 0 Å². The second-order valence-corrected chi connectivity index (χ2v) is 8.90. The maximum absolute atomic E-state index is 15.5. The Bertz CT molecular complexity index is 1260. The van der Waals surface area contributed by atoms with Crippen molar-refractivity contribution in [3.8, 4) is 0 Å². The second kappa shape index (κ2) is 7.08. The summed E-state index contributed by atoms with van der Waals surface area (Å²) in [6.07, 6.45) is 0.264. The van der Waals surface area contributed by atoms with Crippen LogP contribution in [0.25, 0.3) is 10.9 Å². The van der Waals surface area contributed by atoms with Crippen LogP contribution in [-0.4, -0.2) is 12.4 Å². The lowest BCUT2D eigenvalue weighted by Crippen LogP contribution is -2.15. The van der Waals surface area contributed by atoms with Gasteiger partial charge in [0.2, 0.25) is 5.95 Å². The van der Waals surface area contributed by atoms with E-state index in [-0.39, 0.29) is 16.8 Å². The third kappa shape index (κ3) is 3.21. The third-order valence-corrected chi connectivity index (χ3v) is 6.65. The number of hydrogen-bond acceptors (Lipinski definition) is 2. The van der Waals surface area contributed by atoms with Gasteiger partial charge in [-0.2, -0.15) is 4.39 Å². The first-order valence-electron chi connectivity index (χ1n) is 8.72. The molecule has 0 spiro atoms. The maximum atomic E-state index is 15.5. The Hall–Kier alpha value is -2.63. The van der Waals surface area contributed by atoms with E-state index in [1.165, 1.54) is 12.1 Å². The summed E-state index contributed by atoms with van der Waals surface area (Å²) in [5.74, 6) is -0.790. The highest BCUT2D eigenvalue weighted by Gasteiger charge is 2.27. The predicted molar refractivity (Wildman–Crippen MR) is 110 cm³/mol. The molecule has 0 aliphatic rings. The molecule has 0 amide bonds. The molecule has 0 aliphatic carbocycles. The smallest absolute Gasteiger partial charge is 0.208 e. The van der Waals surface area contributed by atoms with Crippen LogP contribution < -0.4 is 0 Å². The van der Waals surface area contributed by atoms with Crippen LogP contribution in [0.15, 0.2) is 77.7 Å². The van der Waals surface area contributed by atoms with E-state index < -0.39 is 16.0 Å². The number of rotatable bonds is 4. The first-order chi connectivity index (χ1) is 13.4. The molecule has 6 heteroatoms. The minimum Gasteiger partial charge on any atom is -0.208 e. The summed E-state index contributed by atoms with van der Waals surface area (Å²) < 4.78 is 42.7. The summed E-state index contributed by atoms with van der Waals surface area (Å²) in [6, 6.07) is 20.4. The van der Waals surface area contributed by atoms with Crippen LogP contribution in [0.2, 0.25) is 5.02 Å². The Morgan fingerprint density at radius 3 is 2.32 bits per heavy atom. The molecule has 0 atom stereocenters. The molecule has 0 aliphatic heterocycles. The van der Waals surface area contributed by atoms with Crippen molar-refractivity contribution in [3.05, 3.63) is 100 Å². The minimum atomic E-state index is -4.10. The molecule has 28 heavy (non-hydrogen) atoms. The van der Waals surface area contributed by atoms with Crippen LogP contribution in [0.3, 0.4) is 0 Å². The number of aryl methyl sites for hydroxylation is 1. The zero-order valence-electron chi connectivity index (χ0n) is 15.1. The molecule has 142 valence electrons. The van der Waals surface area contributed by atoms with Crippen LogP contribution in [0, 0.1) is 12.9 Å². The van der Waals surface area contributed by atoms with Gasteiger partial charge in [-0.15, -0.1) is 0 Å². The summed E-state index contributed by atoms with van der Waals surface area (Å²) in [5.41, 5.74) is 2.38. The van der Waals surface area contributed by atoms with E-state index in [0.717, 1.165) is 15.1 Å². The van der Waals surface area contributed by atoms with E-state index in [1.54, 1.807) is 30.3 Å². The fraction of sp³-hybridized carbons (Fsp3) is 0.0909. The van der Waals surface area contributed by atoms with Gasteiger partial charge in [0.05, 0.1) is 10.4 Å². The van der Waals surface area contributed by atoms with Crippen molar-refractivity contribution in [2.75, 3.05) is 0 Å². The molecule has 0 N–H and O–H groups in total. The number of aromatic nitrogens is 1. The van der Waals surface area contributed by atoms with Gasteiger partial charge in [0.25, 0.3) is 10.0 Å². The Morgan fingerprint density at radius 1 is 0.964 bits per heavy atom. The normalized spacial score (nSPS) is 11.8. The molecule has 3 aromatic carbocycles. The molecular formula is C22H17ClFNO2S. The zero-order chi connectivity index (χ0) is 19.9. The van der Waals surface area contributed by atoms with E-state index in [9.17, 15) is 8.42 Å². The average molecular weight is 414 g/mol. The lowest BCUT2D eigenvalue weighted by Gasteiger charge is -2.09. The molecule has 4 aromatic rings. The highest BCUT2D eigenvalue weighted by atomic mass is 35.5. The Morgan fingerprint density at radius 2 is 1.64 bits per heavy atom. The molecule has 0 bridgehead atoms. The van der Waals surface area contributed by atoms with Crippen molar-refractivity contribution in [2.45, 2.75) is 18.2 Å². The van der Waals surface area contributed by atoms with Crippen molar-refractivity contribution in [3.63, 3.8) is 0 Å². The van der Waals surface area contributed by atoms with Crippen LogP contribution in [0.1, 0.15) is 16.7 Å². The van der Waals surface area contributed by atoms with Gasteiger partial charge in [-0.3, -0.25) is 0 Å². The van der Waals surface area contributed by atoms with Crippen LogP contribution in [0.5, 0.6) is 0 Å². The van der Waals surface area contributed by atoms with Crippen LogP contribution >= 0.6 is 11.6 Å². The van der Waals surface area contributed by atoms with Crippen molar-refractivity contribution in [1.29, 1.82) is 0 Å². The highest BCUT2D eigenvalue weighted by Crippen LogP contribution is 2.32. The van der Waals surface area contributed by atoms with E-state index >= 15 is 4.39 Å². The van der Waals surface area contributed by atoms with Gasteiger partial charge in [-0.1, -0.05) is 59.6 Å². The number of benzene rings is 3. The largest absolute Gasteiger partial charge is 0.270 e. The van der Waals surface area contributed by atoms with Crippen LogP contribution in [0.4, 0.5) is 4.39 Å². The maximum Gasteiger partial charge on any atom is 0.270 e. The van der Waals surface area contributed by atoms with E-state index in [2.05, 4.69) is 0 Å². The summed E-state index contributed by atoms with van der Waals surface area (Å²) in [7, 11) is -4.10. The number of fused-ring (bicyclic) bond motifs is 1. The van der Waals surface area contributed by atoms with Gasteiger partial charge < -0.3 is 0 Å². The van der Waals surface area contributed by atoms with Gasteiger partial charge in [0.1, 0.15) is 0 Å². The average Bonchev–Trinajstić information content (AvgIpc) is 2.95. The van der Waals surface area contributed by atoms with E-state index in [0.29, 0.717) is 16.0 Å². The Labute approximate surface area is 168 Å². The van der Waals surface area contributed by atoms with Gasteiger partial charge in [0.15, 0.2) is 0 Å². The minimum absolute atomic E-state index is 0.0371. The Balaban J connectivity index is 1.97. The predicted octanol–water partition coefficient (Wildman–Crippen LogP) is 5.57. The van der Waals surface area contributed by atoms with Crippen LogP contribution in [-0.2, 0) is 16.4 Å². The second-order valence-electron chi connectivity index (χ2n) is 6.68. The molecule has 0 saturated heterocycles. The topological polar surface area (TPSA) is 39.1 Å². The summed E-state index contributed by atoms with van der Waals surface area (Å²) in [5, 5.41) is 0.913. The molecule has 3 nitrogen and oxygen atoms in total. The fourth-order valence-electron chi connectivity index (χ4n) is 3.29. The van der Waals surface area contributed by atoms with Gasteiger partial charge in [-0.05, 0) is 42.8 Å². The number of hydrogen-bond donors (Lipinski definition) is 0. The van der Waals surface area contributed by atoms with Gasteiger partial charge in [0, 0.05) is 22.4 Å². The zero-order valence-corrected chi connectivity index (χ0v) is 16.6. The fourth-order valence-corrected chi connectivity index (χ4v) is 4.89. The third-order valence-electron chi connectivity index (χ3n) is 4.71. The van der Waals surface area contributed by atoms with Crippen molar-refractivity contribution < 1.29 is 12.8 Å². The monoisotopic (exact) mass is 413 g/mol. The molecule has 1 aromatic heterocycles. The Kier molecular flexibility index (Phi) is 4.73. The van der Waals surface area contributed by atoms with Gasteiger partial charge in [-0.25, -0.2) is 12.4 Å². The van der Waals surface area contributed by atoms with Crippen molar-refractivity contribution in [1.82, 2.24) is 3.97 Å². The summed E-state index contributed by atoms with van der Waals surface area (Å²) in [6.45, 7) is 1.86. The lowest BCUT2D eigenvalue weighted by atomic mass is 10.0. The summed E-state index contributed by atoms with van der Waals surface area (Å²) >= 11 is 6.12. The summed E-state index contributed by atoms with van der Waals surface area (Å²) in [4.78, 5) is 0.0371. The van der Waals surface area contributed by atoms with Gasteiger partial charge >= 0.3 is 0 Å². The first kappa shape index (κ1) is 18.7. The van der Waals surface area contributed by atoms with E-state index in [1.807, 2.05) is 37.3 Å².